The molecule has 0 spiro atoms. The van der Waals surface area contributed by atoms with Gasteiger partial charge in [-0.05, 0) is 37.2 Å². The maximum Gasteiger partial charge on any atom is 0.165 e. The van der Waals surface area contributed by atoms with Crippen molar-refractivity contribution < 1.29 is 4.39 Å². The summed E-state index contributed by atoms with van der Waals surface area (Å²) in [6, 6.07) is 14.2. The predicted molar refractivity (Wildman–Crippen MR) is 100 cm³/mol. The lowest BCUT2D eigenvalue weighted by Crippen LogP contribution is -2.28. The van der Waals surface area contributed by atoms with Crippen molar-refractivity contribution in [2.24, 2.45) is 0 Å². The number of hydrogen-bond donors (Lipinski definition) is 1. The number of halogens is 1. The number of anilines is 1. The molecule has 1 aliphatic heterocycles. The van der Waals surface area contributed by atoms with Gasteiger partial charge in [0.2, 0.25) is 0 Å². The van der Waals surface area contributed by atoms with E-state index in [0.717, 1.165) is 44.1 Å². The average Bonchev–Trinajstić information content (AvgIpc) is 2.98. The highest BCUT2D eigenvalue weighted by atomic mass is 19.1. The van der Waals surface area contributed by atoms with E-state index in [-0.39, 0.29) is 5.82 Å². The molecule has 1 saturated heterocycles. The van der Waals surface area contributed by atoms with Crippen LogP contribution in [0.3, 0.4) is 0 Å². The first-order chi connectivity index (χ1) is 12.8. The van der Waals surface area contributed by atoms with Crippen LogP contribution in [0.15, 0.2) is 54.7 Å². The molecule has 0 unspecified atom stereocenters. The van der Waals surface area contributed by atoms with Crippen LogP contribution in [0.2, 0.25) is 0 Å². The second kappa shape index (κ2) is 7.58. The van der Waals surface area contributed by atoms with Gasteiger partial charge in [0.15, 0.2) is 5.82 Å². The Labute approximate surface area is 151 Å². The van der Waals surface area contributed by atoms with Gasteiger partial charge in [0, 0.05) is 31.9 Å². The van der Waals surface area contributed by atoms with Crippen LogP contribution in [0.4, 0.5) is 10.2 Å². The fourth-order valence-corrected chi connectivity index (χ4v) is 3.08. The normalized spacial score (nSPS) is 14.9. The second-order valence-electron chi connectivity index (χ2n) is 6.22. The summed E-state index contributed by atoms with van der Waals surface area (Å²) in [6.45, 7) is 3.66. The fourth-order valence-electron chi connectivity index (χ4n) is 3.08. The summed E-state index contributed by atoms with van der Waals surface area (Å²) in [5.74, 6) is 0.871. The topological polar surface area (TPSA) is 53.9 Å². The molecule has 3 aromatic rings. The lowest BCUT2D eigenvalue weighted by Gasteiger charge is -2.22. The summed E-state index contributed by atoms with van der Waals surface area (Å²) >= 11 is 0. The van der Waals surface area contributed by atoms with Crippen LogP contribution in [0.25, 0.3) is 22.8 Å². The highest BCUT2D eigenvalue weighted by Crippen LogP contribution is 2.26. The van der Waals surface area contributed by atoms with Crippen molar-refractivity contribution in [2.75, 3.05) is 31.1 Å². The number of benzene rings is 1. The molecule has 0 radical (unpaired) electrons. The number of nitrogens with zero attached hydrogens (tertiary/aromatic N) is 4. The van der Waals surface area contributed by atoms with Crippen LogP contribution in [0.5, 0.6) is 0 Å². The zero-order valence-electron chi connectivity index (χ0n) is 14.4. The van der Waals surface area contributed by atoms with Crippen molar-refractivity contribution in [3.63, 3.8) is 0 Å². The molecule has 26 heavy (non-hydrogen) atoms. The van der Waals surface area contributed by atoms with Crippen LogP contribution in [0, 0.1) is 5.82 Å². The zero-order chi connectivity index (χ0) is 17.8. The molecule has 0 amide bonds. The largest absolute Gasteiger partial charge is 0.355 e. The number of pyridine rings is 1. The Kier molecular flexibility index (Phi) is 4.84. The molecule has 4 rings (SSSR count). The Morgan fingerprint density at radius 2 is 1.81 bits per heavy atom. The molecular formula is C20H20FN5. The van der Waals surface area contributed by atoms with E-state index >= 15 is 0 Å². The van der Waals surface area contributed by atoms with Gasteiger partial charge in [-0.1, -0.05) is 18.2 Å². The summed E-state index contributed by atoms with van der Waals surface area (Å²) in [6.07, 6.45) is 2.77. The van der Waals surface area contributed by atoms with Crippen molar-refractivity contribution in [1.82, 2.24) is 20.3 Å². The smallest absolute Gasteiger partial charge is 0.165 e. The minimum Gasteiger partial charge on any atom is -0.355 e. The van der Waals surface area contributed by atoms with Gasteiger partial charge in [-0.15, -0.1) is 0 Å². The molecule has 1 aliphatic rings. The number of rotatable bonds is 3. The summed E-state index contributed by atoms with van der Waals surface area (Å²) < 4.78 is 14.3. The van der Waals surface area contributed by atoms with Gasteiger partial charge in [0.25, 0.3) is 0 Å². The van der Waals surface area contributed by atoms with E-state index in [9.17, 15) is 4.39 Å². The van der Waals surface area contributed by atoms with Gasteiger partial charge >= 0.3 is 0 Å². The van der Waals surface area contributed by atoms with Crippen LogP contribution < -0.4 is 10.2 Å². The van der Waals surface area contributed by atoms with E-state index in [2.05, 4.69) is 25.2 Å². The number of hydrogen-bond acceptors (Lipinski definition) is 5. The Balaban J connectivity index is 1.83. The Hall–Kier alpha value is -2.86. The molecule has 6 heteroatoms. The summed E-state index contributed by atoms with van der Waals surface area (Å²) in [7, 11) is 0. The standard InChI is InChI=1S/C20H20FN5/c21-16-7-2-1-6-15(16)20-24-18(17-8-3-4-10-23-17)14-19(25-20)26-12-5-9-22-11-13-26/h1-4,6-8,10,14,22H,5,9,11-13H2. The van der Waals surface area contributed by atoms with E-state index in [1.54, 1.807) is 24.4 Å². The lowest BCUT2D eigenvalue weighted by atomic mass is 10.1. The average molecular weight is 349 g/mol. The van der Waals surface area contributed by atoms with Gasteiger partial charge in [0.05, 0.1) is 17.0 Å². The van der Waals surface area contributed by atoms with Crippen LogP contribution in [-0.2, 0) is 0 Å². The highest BCUT2D eigenvalue weighted by molar-refractivity contribution is 5.66. The molecule has 5 nitrogen and oxygen atoms in total. The van der Waals surface area contributed by atoms with E-state index in [1.807, 2.05) is 24.3 Å². The Morgan fingerprint density at radius 3 is 2.65 bits per heavy atom. The van der Waals surface area contributed by atoms with E-state index in [4.69, 9.17) is 0 Å². The second-order valence-corrected chi connectivity index (χ2v) is 6.22. The molecule has 0 atom stereocenters. The van der Waals surface area contributed by atoms with Crippen molar-refractivity contribution >= 4 is 5.82 Å². The molecule has 1 fully saturated rings. The Bertz CT molecular complexity index is 876. The SMILES string of the molecule is Fc1ccccc1-c1nc(-c2ccccn2)cc(N2CCCNCC2)n1. The van der Waals surface area contributed by atoms with Crippen molar-refractivity contribution in [3.05, 3.63) is 60.5 Å². The van der Waals surface area contributed by atoms with E-state index in [1.165, 1.54) is 6.07 Å². The van der Waals surface area contributed by atoms with Crippen molar-refractivity contribution in [2.45, 2.75) is 6.42 Å². The molecule has 0 saturated carbocycles. The first-order valence-electron chi connectivity index (χ1n) is 8.82. The van der Waals surface area contributed by atoms with Crippen LogP contribution >= 0.6 is 0 Å². The van der Waals surface area contributed by atoms with Gasteiger partial charge < -0.3 is 10.2 Å². The minimum absolute atomic E-state index is 0.325. The summed E-state index contributed by atoms with van der Waals surface area (Å²) in [4.78, 5) is 15.9. The molecule has 1 aromatic carbocycles. The molecule has 132 valence electrons. The molecule has 3 heterocycles. The third-order valence-corrected chi connectivity index (χ3v) is 4.42. The maximum absolute atomic E-state index is 14.3. The highest BCUT2D eigenvalue weighted by Gasteiger charge is 2.17. The van der Waals surface area contributed by atoms with Gasteiger partial charge in [-0.25, -0.2) is 14.4 Å². The van der Waals surface area contributed by atoms with Crippen LogP contribution in [0.1, 0.15) is 6.42 Å². The van der Waals surface area contributed by atoms with Crippen molar-refractivity contribution in [1.29, 1.82) is 0 Å². The number of aromatic nitrogens is 3. The van der Waals surface area contributed by atoms with Crippen molar-refractivity contribution in [3.8, 4) is 22.8 Å². The fraction of sp³-hybridized carbons (Fsp3) is 0.250. The molecule has 2 aromatic heterocycles. The first-order valence-corrected chi connectivity index (χ1v) is 8.82. The predicted octanol–water partition coefficient (Wildman–Crippen LogP) is 3.14. The quantitative estimate of drug-likeness (QED) is 0.787. The molecule has 0 bridgehead atoms. The number of nitrogens with one attached hydrogen (secondary N) is 1. The zero-order valence-corrected chi connectivity index (χ0v) is 14.4. The van der Waals surface area contributed by atoms with Gasteiger partial charge in [0.1, 0.15) is 11.6 Å². The third kappa shape index (κ3) is 3.55. The molecule has 1 N–H and O–H groups in total. The van der Waals surface area contributed by atoms with E-state index < -0.39 is 0 Å². The molecular weight excluding hydrogens is 329 g/mol. The van der Waals surface area contributed by atoms with Gasteiger partial charge in [-0.3, -0.25) is 4.98 Å². The first kappa shape index (κ1) is 16.6. The van der Waals surface area contributed by atoms with E-state index in [0.29, 0.717) is 17.1 Å². The third-order valence-electron chi connectivity index (χ3n) is 4.42. The minimum atomic E-state index is -0.325. The maximum atomic E-state index is 14.3. The van der Waals surface area contributed by atoms with Crippen LogP contribution in [-0.4, -0.2) is 41.1 Å². The summed E-state index contributed by atoms with van der Waals surface area (Å²) in [5.41, 5.74) is 1.85. The lowest BCUT2D eigenvalue weighted by molar-refractivity contribution is 0.630. The van der Waals surface area contributed by atoms with Gasteiger partial charge in [-0.2, -0.15) is 0 Å². The monoisotopic (exact) mass is 349 g/mol. The molecule has 0 aliphatic carbocycles. The summed E-state index contributed by atoms with van der Waals surface area (Å²) in [5, 5.41) is 3.39. The Morgan fingerprint density at radius 1 is 0.923 bits per heavy atom.